The molecule has 0 aliphatic carbocycles. The number of rotatable bonds is 4. The van der Waals surface area contributed by atoms with Crippen LogP contribution in [-0.2, 0) is 0 Å². The molecule has 1 fully saturated rings. The van der Waals surface area contributed by atoms with Crippen molar-refractivity contribution in [3.8, 4) is 6.07 Å². The first-order chi connectivity index (χ1) is 11.0. The van der Waals surface area contributed by atoms with E-state index in [0.717, 1.165) is 5.69 Å². The molecule has 8 nitrogen and oxygen atoms in total. The largest absolute Gasteiger partial charge is 0.403 e. The second-order valence-corrected chi connectivity index (χ2v) is 5.37. The Morgan fingerprint density at radius 1 is 1.65 bits per heavy atom. The number of hydrogen-bond acceptors (Lipinski definition) is 5. The summed E-state index contributed by atoms with van der Waals surface area (Å²) in [6.45, 7) is 4.73. The summed E-state index contributed by atoms with van der Waals surface area (Å²) in [5.74, 6) is -0.0677. The van der Waals surface area contributed by atoms with Gasteiger partial charge in [0, 0.05) is 25.5 Å². The van der Waals surface area contributed by atoms with Crippen molar-refractivity contribution < 1.29 is 0 Å². The second kappa shape index (κ2) is 6.81. The first kappa shape index (κ1) is 16.3. The number of anilines is 1. The molecule has 0 spiro atoms. The molecule has 23 heavy (non-hydrogen) atoms. The van der Waals surface area contributed by atoms with Gasteiger partial charge in [-0.2, -0.15) is 10.3 Å². The maximum absolute atomic E-state index is 8.79. The Bertz CT molecular complexity index is 730. The molecule has 2 rings (SSSR count). The van der Waals surface area contributed by atoms with Crippen LogP contribution in [0, 0.1) is 16.7 Å². The second-order valence-electron chi connectivity index (χ2n) is 5.37. The van der Waals surface area contributed by atoms with Crippen LogP contribution < -0.4 is 27.2 Å². The summed E-state index contributed by atoms with van der Waals surface area (Å²) < 4.78 is 0. The van der Waals surface area contributed by atoms with Gasteiger partial charge in [0.2, 0.25) is 5.96 Å². The van der Waals surface area contributed by atoms with Crippen LogP contribution in [0.15, 0.2) is 47.9 Å². The third-order valence-corrected chi connectivity index (χ3v) is 3.48. The fourth-order valence-electron chi connectivity index (χ4n) is 2.35. The van der Waals surface area contributed by atoms with Gasteiger partial charge >= 0.3 is 0 Å². The number of pyridine rings is 1. The normalized spacial score (nSPS) is 17.1. The molecule has 7 N–H and O–H groups in total. The highest BCUT2D eigenvalue weighted by Crippen LogP contribution is 2.25. The summed E-state index contributed by atoms with van der Waals surface area (Å²) in [5, 5.41) is 19.4. The van der Waals surface area contributed by atoms with E-state index in [4.69, 9.17) is 22.1 Å². The lowest BCUT2D eigenvalue weighted by Crippen LogP contribution is -2.68. The standard InChI is InChI=1S/C15H20N8/c1-2-11(8-17)21-14(18)22-13-12(4-3-7-20-13)23-9-15(19,10-23)5-6-16/h2-4,7-8H,1,5,9-10,17,19H2,(H3,18,20,21,22)/b11-8+. The lowest BCUT2D eigenvalue weighted by molar-refractivity contribution is 0.338. The molecule has 0 radical (unpaired) electrons. The molecule has 0 unspecified atom stereocenters. The summed E-state index contributed by atoms with van der Waals surface area (Å²) in [4.78, 5) is 9.25. The summed E-state index contributed by atoms with van der Waals surface area (Å²) in [6, 6.07) is 5.85. The number of nitriles is 1. The predicted octanol–water partition coefficient (Wildman–Crippen LogP) is -0.143. The van der Waals surface area contributed by atoms with Crippen LogP contribution >= 0.6 is 0 Å². The molecular weight excluding hydrogens is 292 g/mol. The zero-order chi connectivity index (χ0) is 16.9. The Hall–Kier alpha value is -3.05. The Labute approximate surface area is 134 Å². The van der Waals surface area contributed by atoms with E-state index < -0.39 is 5.54 Å². The van der Waals surface area contributed by atoms with E-state index in [1.807, 2.05) is 17.0 Å². The third-order valence-electron chi connectivity index (χ3n) is 3.48. The van der Waals surface area contributed by atoms with Gasteiger partial charge in [-0.1, -0.05) is 6.58 Å². The number of nitrogens with two attached hydrogens (primary N) is 2. The molecule has 0 atom stereocenters. The minimum atomic E-state index is -0.480. The number of aromatic amines is 1. The summed E-state index contributed by atoms with van der Waals surface area (Å²) in [5.41, 5.74) is 12.9. The fraction of sp³-hybridized carbons (Fsp3) is 0.267. The van der Waals surface area contributed by atoms with E-state index in [9.17, 15) is 0 Å². The van der Waals surface area contributed by atoms with Crippen LogP contribution in [0.5, 0.6) is 0 Å². The molecule has 1 aliphatic rings. The van der Waals surface area contributed by atoms with Crippen LogP contribution in [0.2, 0.25) is 0 Å². The highest BCUT2D eigenvalue weighted by Gasteiger charge is 2.39. The smallest absolute Gasteiger partial charge is 0.221 e. The van der Waals surface area contributed by atoms with Crippen molar-refractivity contribution >= 4 is 11.6 Å². The average molecular weight is 312 g/mol. The molecule has 1 aliphatic heterocycles. The molecular formula is C15H20N8. The first-order valence-electron chi connectivity index (χ1n) is 7.04. The van der Waals surface area contributed by atoms with Gasteiger partial charge < -0.3 is 26.7 Å². The van der Waals surface area contributed by atoms with E-state index in [0.29, 0.717) is 30.7 Å². The minimum Gasteiger partial charge on any atom is -0.403 e. The van der Waals surface area contributed by atoms with E-state index in [2.05, 4.69) is 27.9 Å². The molecule has 0 aromatic carbocycles. The van der Waals surface area contributed by atoms with Gasteiger partial charge in [-0.05, 0) is 18.2 Å². The van der Waals surface area contributed by atoms with E-state index in [1.54, 1.807) is 6.20 Å². The molecule has 0 bridgehead atoms. The highest BCUT2D eigenvalue weighted by atomic mass is 15.3. The van der Waals surface area contributed by atoms with Crippen LogP contribution in [0.25, 0.3) is 0 Å². The van der Waals surface area contributed by atoms with Gasteiger partial charge in [0.25, 0.3) is 0 Å². The van der Waals surface area contributed by atoms with Crippen molar-refractivity contribution in [2.24, 2.45) is 16.5 Å². The minimum absolute atomic E-state index is 0.0677. The Balaban J connectivity index is 2.19. The maximum Gasteiger partial charge on any atom is 0.221 e. The maximum atomic E-state index is 8.79. The number of aromatic nitrogens is 1. The molecule has 120 valence electrons. The van der Waals surface area contributed by atoms with Crippen LogP contribution in [0.4, 0.5) is 5.69 Å². The van der Waals surface area contributed by atoms with Crippen molar-refractivity contribution in [3.05, 3.63) is 48.4 Å². The zero-order valence-corrected chi connectivity index (χ0v) is 12.7. The number of nitrogens with zero attached hydrogens (tertiary/aromatic N) is 3. The summed E-state index contributed by atoms with van der Waals surface area (Å²) in [6.07, 6.45) is 4.86. The van der Waals surface area contributed by atoms with Crippen molar-refractivity contribution in [1.82, 2.24) is 10.3 Å². The quantitative estimate of drug-likeness (QED) is 0.298. The van der Waals surface area contributed by atoms with Crippen molar-refractivity contribution in [1.29, 1.82) is 10.7 Å². The number of H-pyrrole nitrogens is 1. The van der Waals surface area contributed by atoms with Gasteiger partial charge in [0.15, 0.2) is 5.49 Å². The number of allylic oxidation sites excluding steroid dienone is 1. The van der Waals surface area contributed by atoms with Gasteiger partial charge in [0.1, 0.15) is 0 Å². The SMILES string of the molecule is C=C/C(=C\N)NC(=N)/N=c1\[nH]cccc1N1CC(N)(CC#N)C1. The average Bonchev–Trinajstić information content (AvgIpc) is 2.51. The van der Waals surface area contributed by atoms with Gasteiger partial charge in [-0.3, -0.25) is 5.41 Å². The zero-order valence-electron chi connectivity index (χ0n) is 12.7. The van der Waals surface area contributed by atoms with Gasteiger partial charge in [-0.15, -0.1) is 0 Å². The van der Waals surface area contributed by atoms with Crippen molar-refractivity contribution in [2.45, 2.75) is 12.0 Å². The topological polar surface area (TPSA) is 143 Å². The monoisotopic (exact) mass is 312 g/mol. The van der Waals surface area contributed by atoms with E-state index >= 15 is 0 Å². The fourth-order valence-corrected chi connectivity index (χ4v) is 2.35. The third kappa shape index (κ3) is 3.78. The number of hydrogen-bond donors (Lipinski definition) is 5. The molecule has 1 saturated heterocycles. The van der Waals surface area contributed by atoms with Crippen LogP contribution in [0.1, 0.15) is 6.42 Å². The first-order valence-corrected chi connectivity index (χ1v) is 7.04. The van der Waals surface area contributed by atoms with E-state index in [-0.39, 0.29) is 5.96 Å². The Morgan fingerprint density at radius 2 is 2.39 bits per heavy atom. The molecule has 8 heteroatoms. The molecule has 0 saturated carbocycles. The van der Waals surface area contributed by atoms with Crippen LogP contribution in [0.3, 0.4) is 0 Å². The molecule has 1 aromatic heterocycles. The summed E-state index contributed by atoms with van der Waals surface area (Å²) in [7, 11) is 0. The Morgan fingerprint density at radius 3 is 3.00 bits per heavy atom. The van der Waals surface area contributed by atoms with Gasteiger partial charge in [0.05, 0.1) is 29.4 Å². The summed E-state index contributed by atoms with van der Waals surface area (Å²) >= 11 is 0. The van der Waals surface area contributed by atoms with Crippen molar-refractivity contribution in [2.75, 3.05) is 18.0 Å². The Kier molecular flexibility index (Phi) is 4.83. The predicted molar refractivity (Wildman–Crippen MR) is 89.0 cm³/mol. The van der Waals surface area contributed by atoms with E-state index in [1.165, 1.54) is 12.3 Å². The van der Waals surface area contributed by atoms with Gasteiger partial charge in [-0.25, -0.2) is 0 Å². The number of guanidine groups is 1. The lowest BCUT2D eigenvalue weighted by Gasteiger charge is -2.47. The van der Waals surface area contributed by atoms with Crippen LogP contribution in [-0.4, -0.2) is 29.6 Å². The lowest BCUT2D eigenvalue weighted by atomic mass is 9.88. The molecule has 1 aromatic rings. The van der Waals surface area contributed by atoms with Crippen molar-refractivity contribution in [3.63, 3.8) is 0 Å². The molecule has 2 heterocycles. The highest BCUT2D eigenvalue weighted by molar-refractivity contribution is 5.80. The number of nitrogens with one attached hydrogen (secondary N) is 3. The molecule has 0 amide bonds.